The summed E-state index contributed by atoms with van der Waals surface area (Å²) in [6.07, 6.45) is 2.82. The maximum Gasteiger partial charge on any atom is 0.325 e. The van der Waals surface area contributed by atoms with E-state index in [1.54, 1.807) is 0 Å². The van der Waals surface area contributed by atoms with Gasteiger partial charge in [-0.1, -0.05) is 0 Å². The summed E-state index contributed by atoms with van der Waals surface area (Å²) in [4.78, 5) is 25.7. The first-order valence-electron chi connectivity index (χ1n) is 5.48. The highest BCUT2D eigenvalue weighted by molar-refractivity contribution is 7.89. The Kier molecular flexibility index (Phi) is 4.91. The number of aromatic amines is 2. The molecule has 2 atom stereocenters. The van der Waals surface area contributed by atoms with E-state index < -0.39 is 26.2 Å². The zero-order valence-electron chi connectivity index (χ0n) is 9.88. The Hall–Kier alpha value is -1.16. The lowest BCUT2D eigenvalue weighted by Crippen LogP contribution is -2.38. The zero-order valence-corrected chi connectivity index (χ0v) is 11.5. The Morgan fingerprint density at radius 2 is 2.00 bits per heavy atom. The molecule has 1 aromatic heterocycles. The van der Waals surface area contributed by atoms with Gasteiger partial charge in [-0.15, -0.1) is 12.4 Å². The zero-order chi connectivity index (χ0) is 13.3. The Morgan fingerprint density at radius 1 is 1.32 bits per heavy atom. The summed E-state index contributed by atoms with van der Waals surface area (Å²) in [6.45, 7) is 0. The third-order valence-electron chi connectivity index (χ3n) is 2.87. The average molecular weight is 311 g/mol. The minimum Gasteiger partial charge on any atom is -0.328 e. The van der Waals surface area contributed by atoms with Crippen LogP contribution in [-0.2, 0) is 10.0 Å². The topological polar surface area (TPSA) is 138 Å². The summed E-state index contributed by atoms with van der Waals surface area (Å²) in [5, 5.41) is 0. The second-order valence-electron chi connectivity index (χ2n) is 4.33. The minimum atomic E-state index is -3.93. The molecule has 10 heteroatoms. The van der Waals surface area contributed by atoms with Crippen LogP contribution < -0.4 is 21.7 Å². The van der Waals surface area contributed by atoms with Crippen molar-refractivity contribution in [3.8, 4) is 0 Å². The van der Waals surface area contributed by atoms with E-state index in [-0.39, 0.29) is 24.5 Å². The van der Waals surface area contributed by atoms with Crippen LogP contribution in [0.2, 0.25) is 0 Å². The molecule has 5 N–H and O–H groups in total. The maximum absolute atomic E-state index is 11.9. The summed E-state index contributed by atoms with van der Waals surface area (Å²) < 4.78 is 26.3. The van der Waals surface area contributed by atoms with Crippen LogP contribution in [0.15, 0.2) is 20.7 Å². The maximum atomic E-state index is 11.9. The predicted octanol–water partition coefficient (Wildman–Crippen LogP) is -1.36. The number of hydrogen-bond donors (Lipinski definition) is 4. The molecule has 1 heterocycles. The molecule has 0 bridgehead atoms. The fourth-order valence-corrected chi connectivity index (χ4v) is 3.29. The van der Waals surface area contributed by atoms with E-state index in [1.807, 2.05) is 4.98 Å². The first-order chi connectivity index (χ1) is 8.38. The smallest absolute Gasteiger partial charge is 0.325 e. The summed E-state index contributed by atoms with van der Waals surface area (Å²) in [6, 6.07) is -0.289. The normalized spacial score (nSPS) is 23.0. The molecule has 1 aliphatic carbocycles. The van der Waals surface area contributed by atoms with Gasteiger partial charge in [-0.25, -0.2) is 17.9 Å². The average Bonchev–Trinajstić information content (AvgIpc) is 2.62. The Labute approximate surface area is 115 Å². The van der Waals surface area contributed by atoms with Gasteiger partial charge in [0.1, 0.15) is 0 Å². The molecule has 1 fully saturated rings. The van der Waals surface area contributed by atoms with E-state index in [4.69, 9.17) is 5.73 Å². The number of aromatic nitrogens is 2. The first kappa shape index (κ1) is 15.9. The third-order valence-corrected chi connectivity index (χ3v) is 4.40. The van der Waals surface area contributed by atoms with E-state index in [1.165, 1.54) is 0 Å². The van der Waals surface area contributed by atoms with Crippen LogP contribution in [0.5, 0.6) is 0 Å². The van der Waals surface area contributed by atoms with Crippen molar-refractivity contribution >= 4 is 22.4 Å². The van der Waals surface area contributed by atoms with Crippen molar-refractivity contribution in [1.29, 1.82) is 0 Å². The largest absolute Gasteiger partial charge is 0.328 e. The highest BCUT2D eigenvalue weighted by Crippen LogP contribution is 2.18. The number of rotatable bonds is 3. The monoisotopic (exact) mass is 310 g/mol. The van der Waals surface area contributed by atoms with Crippen molar-refractivity contribution in [2.45, 2.75) is 36.2 Å². The second-order valence-corrected chi connectivity index (χ2v) is 6.01. The molecule has 0 saturated heterocycles. The molecule has 0 aromatic carbocycles. The number of sulfonamides is 1. The van der Waals surface area contributed by atoms with Crippen molar-refractivity contribution in [2.75, 3.05) is 0 Å². The number of H-pyrrole nitrogens is 2. The van der Waals surface area contributed by atoms with Gasteiger partial charge in [0, 0.05) is 18.3 Å². The van der Waals surface area contributed by atoms with Crippen molar-refractivity contribution in [3.05, 3.63) is 27.0 Å². The molecular formula is C9H15ClN4O4S. The predicted molar refractivity (Wildman–Crippen MR) is 70.9 cm³/mol. The third kappa shape index (κ3) is 3.66. The van der Waals surface area contributed by atoms with Gasteiger partial charge in [0.15, 0.2) is 4.90 Å². The van der Waals surface area contributed by atoms with Crippen molar-refractivity contribution < 1.29 is 8.42 Å². The molecule has 8 nitrogen and oxygen atoms in total. The van der Waals surface area contributed by atoms with Gasteiger partial charge < -0.3 is 10.7 Å². The van der Waals surface area contributed by atoms with Crippen molar-refractivity contribution in [3.63, 3.8) is 0 Å². The lowest BCUT2D eigenvalue weighted by atomic mass is 10.2. The van der Waals surface area contributed by atoms with Crippen LogP contribution in [0.1, 0.15) is 19.3 Å². The minimum absolute atomic E-state index is 0. The van der Waals surface area contributed by atoms with Crippen LogP contribution in [0, 0.1) is 0 Å². The first-order valence-corrected chi connectivity index (χ1v) is 6.97. The lowest BCUT2D eigenvalue weighted by molar-refractivity contribution is 0.547. The van der Waals surface area contributed by atoms with Gasteiger partial charge in [-0.05, 0) is 19.3 Å². The summed E-state index contributed by atoms with van der Waals surface area (Å²) >= 11 is 0. The molecule has 2 rings (SSSR count). The van der Waals surface area contributed by atoms with E-state index in [2.05, 4.69) is 9.71 Å². The molecule has 0 aliphatic heterocycles. The second kappa shape index (κ2) is 5.87. The highest BCUT2D eigenvalue weighted by Gasteiger charge is 2.28. The van der Waals surface area contributed by atoms with Crippen LogP contribution in [0.25, 0.3) is 0 Å². The SMILES string of the molecule is Cl.N[C@@H]1CC[C@@H](NS(=O)(=O)c2c[nH]c(=O)[nH]c2=O)C1. The van der Waals surface area contributed by atoms with Gasteiger partial charge in [-0.3, -0.25) is 9.78 Å². The van der Waals surface area contributed by atoms with Gasteiger partial charge in [0.05, 0.1) is 0 Å². The molecule has 0 radical (unpaired) electrons. The van der Waals surface area contributed by atoms with E-state index in [9.17, 15) is 18.0 Å². The quantitative estimate of drug-likeness (QED) is 0.546. The van der Waals surface area contributed by atoms with Crippen LogP contribution >= 0.6 is 12.4 Å². The van der Waals surface area contributed by atoms with E-state index >= 15 is 0 Å². The molecule has 108 valence electrons. The molecule has 0 amide bonds. The summed E-state index contributed by atoms with van der Waals surface area (Å²) in [5.41, 5.74) is 4.00. The molecule has 0 unspecified atom stereocenters. The van der Waals surface area contributed by atoms with Gasteiger partial charge in [0.25, 0.3) is 5.56 Å². The number of nitrogens with one attached hydrogen (secondary N) is 3. The number of hydrogen-bond acceptors (Lipinski definition) is 5. The van der Waals surface area contributed by atoms with Gasteiger partial charge >= 0.3 is 5.69 Å². The van der Waals surface area contributed by atoms with Gasteiger partial charge in [-0.2, -0.15) is 0 Å². The lowest BCUT2D eigenvalue weighted by Gasteiger charge is -2.11. The van der Waals surface area contributed by atoms with E-state index in [0.717, 1.165) is 12.6 Å². The summed E-state index contributed by atoms with van der Waals surface area (Å²) in [5.74, 6) is 0. The van der Waals surface area contributed by atoms with Crippen LogP contribution in [-0.4, -0.2) is 30.5 Å². The van der Waals surface area contributed by atoms with Crippen molar-refractivity contribution in [2.24, 2.45) is 5.73 Å². The molecule has 1 saturated carbocycles. The number of nitrogens with two attached hydrogens (primary N) is 1. The Balaban J connectivity index is 0.00000180. The molecule has 1 aromatic rings. The van der Waals surface area contributed by atoms with Crippen molar-refractivity contribution in [1.82, 2.24) is 14.7 Å². The number of halogens is 1. The molecule has 19 heavy (non-hydrogen) atoms. The van der Waals surface area contributed by atoms with Crippen LogP contribution in [0.4, 0.5) is 0 Å². The molecule has 1 aliphatic rings. The standard InChI is InChI=1S/C9H14N4O4S.ClH/c10-5-1-2-6(3-5)13-18(16,17)7-4-11-9(15)12-8(7)14;/h4-6,13H,1-3,10H2,(H2,11,12,14,15);1H/t5-,6-;/m1./s1. The summed E-state index contributed by atoms with van der Waals surface area (Å²) in [7, 11) is -3.93. The fourth-order valence-electron chi connectivity index (χ4n) is 2.00. The fraction of sp³-hybridized carbons (Fsp3) is 0.556. The van der Waals surface area contributed by atoms with E-state index in [0.29, 0.717) is 12.8 Å². The Morgan fingerprint density at radius 3 is 2.53 bits per heavy atom. The van der Waals surface area contributed by atoms with Gasteiger partial charge in [0.2, 0.25) is 10.0 Å². The van der Waals surface area contributed by atoms with Crippen LogP contribution in [0.3, 0.4) is 0 Å². The Bertz CT molecular complexity index is 653. The molecule has 0 spiro atoms. The highest BCUT2D eigenvalue weighted by atomic mass is 35.5. The molecular weight excluding hydrogens is 296 g/mol.